The largest absolute Gasteiger partial charge is 0.488 e. The van der Waals surface area contributed by atoms with Crippen LogP contribution in [-0.4, -0.2) is 48.1 Å². The number of carbonyl (C=O) groups is 1. The Kier molecular flexibility index (Phi) is 7.92. The van der Waals surface area contributed by atoms with Crippen LogP contribution in [0.2, 0.25) is 0 Å². The van der Waals surface area contributed by atoms with Crippen LogP contribution in [0.3, 0.4) is 0 Å². The molecule has 0 bridgehead atoms. The molecule has 0 unspecified atom stereocenters. The smallest absolute Gasteiger partial charge is 0.220 e. The standard InChI is InChI=1S/C33H37N3O5/c1-21-16-28-32(38)27-13-12-25(18-29(27)41-33(28)30(17-21)39-20-24-8-5-15-36(24)2)40-26-11-9-22(34-19-26)10-14-31(37)35-23-6-3-4-7-23/h9,11-13,16-19,23-24H,3-8,10,14-15,20H2,1-2H3,(H,35,37)/t24-/m1/s1. The number of nitrogens with zero attached hydrogens (tertiary/aromatic N) is 2. The van der Waals surface area contributed by atoms with Crippen molar-refractivity contribution in [2.75, 3.05) is 20.2 Å². The Morgan fingerprint density at radius 3 is 2.63 bits per heavy atom. The van der Waals surface area contributed by atoms with Crippen LogP contribution in [0.15, 0.2) is 57.9 Å². The second kappa shape index (κ2) is 11.9. The van der Waals surface area contributed by atoms with Crippen LogP contribution in [0.1, 0.15) is 56.2 Å². The van der Waals surface area contributed by atoms with Crippen molar-refractivity contribution in [1.82, 2.24) is 15.2 Å². The number of aryl methyl sites for hydroxylation is 2. The molecule has 4 aromatic rings. The summed E-state index contributed by atoms with van der Waals surface area (Å²) in [7, 11) is 2.12. The third kappa shape index (κ3) is 6.22. The van der Waals surface area contributed by atoms with Crippen LogP contribution in [-0.2, 0) is 11.2 Å². The SMILES string of the molecule is Cc1cc(OC[C@H]2CCCN2C)c2oc3cc(Oc4ccc(CCC(=O)NC5CCCC5)nc4)ccc3c(=O)c2c1. The highest BCUT2D eigenvalue weighted by molar-refractivity contribution is 5.93. The summed E-state index contributed by atoms with van der Waals surface area (Å²) >= 11 is 0. The van der Waals surface area contributed by atoms with Crippen LogP contribution in [0, 0.1) is 6.92 Å². The van der Waals surface area contributed by atoms with Gasteiger partial charge in [0.1, 0.15) is 23.7 Å². The average Bonchev–Trinajstić information content (AvgIpc) is 3.63. The van der Waals surface area contributed by atoms with Gasteiger partial charge in [0.15, 0.2) is 11.3 Å². The Morgan fingerprint density at radius 1 is 1.05 bits per heavy atom. The summed E-state index contributed by atoms with van der Waals surface area (Å²) in [6.07, 6.45) is 9.46. The van der Waals surface area contributed by atoms with Crippen molar-refractivity contribution >= 4 is 27.8 Å². The number of pyridine rings is 1. The highest BCUT2D eigenvalue weighted by Crippen LogP contribution is 2.32. The molecule has 1 aliphatic carbocycles. The van der Waals surface area contributed by atoms with E-state index in [2.05, 4.69) is 22.2 Å². The second-order valence-electron chi connectivity index (χ2n) is 11.5. The molecule has 2 aromatic carbocycles. The summed E-state index contributed by atoms with van der Waals surface area (Å²) in [5, 5.41) is 4.12. The molecular weight excluding hydrogens is 518 g/mol. The zero-order valence-corrected chi connectivity index (χ0v) is 23.8. The third-order valence-electron chi connectivity index (χ3n) is 8.32. The Bertz CT molecular complexity index is 1610. The first-order valence-electron chi connectivity index (χ1n) is 14.7. The molecule has 2 aromatic heterocycles. The summed E-state index contributed by atoms with van der Waals surface area (Å²) < 4.78 is 18.5. The molecule has 41 heavy (non-hydrogen) atoms. The first-order valence-corrected chi connectivity index (χ1v) is 14.7. The lowest BCUT2D eigenvalue weighted by Gasteiger charge is -2.20. The molecule has 1 aliphatic heterocycles. The Hall–Kier alpha value is -3.91. The number of rotatable bonds is 9. The van der Waals surface area contributed by atoms with Crippen molar-refractivity contribution in [2.45, 2.75) is 70.4 Å². The van der Waals surface area contributed by atoms with Gasteiger partial charge >= 0.3 is 0 Å². The van der Waals surface area contributed by atoms with E-state index in [1.807, 2.05) is 31.2 Å². The van der Waals surface area contributed by atoms with Crippen molar-refractivity contribution in [3.05, 3.63) is 70.1 Å². The molecule has 1 amide bonds. The molecular formula is C33H37N3O5. The van der Waals surface area contributed by atoms with E-state index >= 15 is 0 Å². The molecule has 3 heterocycles. The van der Waals surface area contributed by atoms with Gasteiger partial charge in [-0.05, 0) is 94.6 Å². The summed E-state index contributed by atoms with van der Waals surface area (Å²) in [6, 6.07) is 13.4. The lowest BCUT2D eigenvalue weighted by molar-refractivity contribution is -0.121. The first kappa shape index (κ1) is 27.3. The molecule has 1 N–H and O–H groups in total. The molecule has 1 saturated heterocycles. The van der Waals surface area contributed by atoms with E-state index in [1.54, 1.807) is 24.4 Å². The molecule has 2 fully saturated rings. The predicted octanol–water partition coefficient (Wildman–Crippen LogP) is 5.91. The van der Waals surface area contributed by atoms with E-state index in [9.17, 15) is 9.59 Å². The summed E-state index contributed by atoms with van der Waals surface area (Å²) in [4.78, 5) is 32.4. The van der Waals surface area contributed by atoms with E-state index in [0.717, 1.165) is 43.5 Å². The fourth-order valence-corrected chi connectivity index (χ4v) is 5.96. The second-order valence-corrected chi connectivity index (χ2v) is 11.5. The molecule has 1 atom stereocenters. The third-order valence-corrected chi connectivity index (χ3v) is 8.32. The highest BCUT2D eigenvalue weighted by Gasteiger charge is 2.23. The predicted molar refractivity (Wildman–Crippen MR) is 159 cm³/mol. The van der Waals surface area contributed by atoms with Crippen molar-refractivity contribution in [3.63, 3.8) is 0 Å². The fourth-order valence-electron chi connectivity index (χ4n) is 5.96. The summed E-state index contributed by atoms with van der Waals surface area (Å²) in [6.45, 7) is 3.58. The number of hydrogen-bond acceptors (Lipinski definition) is 7. The number of fused-ring (bicyclic) bond motifs is 2. The van der Waals surface area contributed by atoms with E-state index in [-0.39, 0.29) is 11.3 Å². The quantitative estimate of drug-likeness (QED) is 0.257. The maximum absolute atomic E-state index is 13.4. The summed E-state index contributed by atoms with van der Waals surface area (Å²) in [5.74, 6) is 1.76. The highest BCUT2D eigenvalue weighted by atomic mass is 16.5. The van der Waals surface area contributed by atoms with Crippen molar-refractivity contribution in [3.8, 4) is 17.2 Å². The number of amides is 1. The molecule has 0 radical (unpaired) electrons. The van der Waals surface area contributed by atoms with Gasteiger partial charge in [0, 0.05) is 30.3 Å². The molecule has 8 nitrogen and oxygen atoms in total. The molecule has 2 aliphatic rings. The van der Waals surface area contributed by atoms with Crippen LogP contribution in [0.5, 0.6) is 17.2 Å². The molecule has 1 saturated carbocycles. The minimum atomic E-state index is -0.0951. The van der Waals surface area contributed by atoms with Gasteiger partial charge in [-0.15, -0.1) is 0 Å². The number of hydrogen-bond donors (Lipinski definition) is 1. The number of ether oxygens (including phenoxy) is 2. The number of benzene rings is 2. The number of nitrogens with one attached hydrogen (secondary N) is 1. The summed E-state index contributed by atoms with van der Waals surface area (Å²) in [5.41, 5.74) is 2.58. The minimum absolute atomic E-state index is 0.0822. The van der Waals surface area contributed by atoms with E-state index in [1.165, 1.54) is 12.8 Å². The van der Waals surface area contributed by atoms with Crippen LogP contribution >= 0.6 is 0 Å². The van der Waals surface area contributed by atoms with Crippen LogP contribution < -0.4 is 20.2 Å². The van der Waals surface area contributed by atoms with Gasteiger partial charge in [0.25, 0.3) is 0 Å². The van der Waals surface area contributed by atoms with Gasteiger partial charge in [-0.2, -0.15) is 0 Å². The number of likely N-dealkylation sites (N-methyl/N-ethyl adjacent to an activating group) is 1. The van der Waals surface area contributed by atoms with E-state index in [4.69, 9.17) is 13.9 Å². The molecule has 8 heteroatoms. The van der Waals surface area contributed by atoms with Crippen LogP contribution in [0.4, 0.5) is 0 Å². The zero-order valence-electron chi connectivity index (χ0n) is 23.8. The van der Waals surface area contributed by atoms with Gasteiger partial charge in [-0.25, -0.2) is 0 Å². The maximum atomic E-state index is 13.4. The normalized spacial score (nSPS) is 17.9. The number of aromatic nitrogens is 1. The molecule has 214 valence electrons. The maximum Gasteiger partial charge on any atom is 0.220 e. The first-order chi connectivity index (χ1) is 19.9. The van der Waals surface area contributed by atoms with E-state index < -0.39 is 0 Å². The lowest BCUT2D eigenvalue weighted by atomic mass is 10.1. The van der Waals surface area contributed by atoms with Gasteiger partial charge in [0.05, 0.1) is 17.0 Å². The number of likely N-dealkylation sites (tertiary alicyclic amines) is 1. The van der Waals surface area contributed by atoms with Crippen molar-refractivity contribution in [2.24, 2.45) is 0 Å². The van der Waals surface area contributed by atoms with Crippen LogP contribution in [0.25, 0.3) is 21.9 Å². The minimum Gasteiger partial charge on any atom is -0.488 e. The zero-order chi connectivity index (χ0) is 28.3. The molecule has 6 rings (SSSR count). The Balaban J connectivity index is 1.17. The fraction of sp³-hybridized carbons (Fsp3) is 0.424. The van der Waals surface area contributed by atoms with Crippen molar-refractivity contribution in [1.29, 1.82) is 0 Å². The van der Waals surface area contributed by atoms with Gasteiger partial charge in [-0.1, -0.05) is 12.8 Å². The van der Waals surface area contributed by atoms with E-state index in [0.29, 0.717) is 70.7 Å². The topological polar surface area (TPSA) is 93.9 Å². The average molecular weight is 556 g/mol. The lowest BCUT2D eigenvalue weighted by Crippen LogP contribution is -2.32. The monoisotopic (exact) mass is 555 g/mol. The number of carbonyl (C=O) groups excluding carboxylic acids is 1. The van der Waals surface area contributed by atoms with Crippen molar-refractivity contribution < 1.29 is 18.7 Å². The van der Waals surface area contributed by atoms with Gasteiger partial charge in [0.2, 0.25) is 11.3 Å². The molecule has 0 spiro atoms. The Morgan fingerprint density at radius 2 is 1.88 bits per heavy atom. The van der Waals surface area contributed by atoms with Gasteiger partial charge < -0.3 is 24.1 Å². The Labute approximate surface area is 239 Å². The van der Waals surface area contributed by atoms with Gasteiger partial charge in [-0.3, -0.25) is 14.6 Å².